The number of carbonyl (C=O) groups excluding carboxylic acids is 1. The summed E-state index contributed by atoms with van der Waals surface area (Å²) in [5.74, 6) is -0.316. The monoisotopic (exact) mass is 128 g/mol. The molecule has 0 atom stereocenters. The van der Waals surface area contributed by atoms with Crippen molar-refractivity contribution in [1.82, 2.24) is 0 Å². The van der Waals surface area contributed by atoms with E-state index in [2.05, 4.69) is 18.8 Å². The molecule has 52 valence electrons. The first-order valence-electron chi connectivity index (χ1n) is 3.20. The molecule has 2 nitrogen and oxygen atoms in total. The second kappa shape index (κ2) is 5.60. The zero-order valence-electron chi connectivity index (χ0n) is 5.72. The van der Waals surface area contributed by atoms with E-state index in [1.165, 1.54) is 0 Å². The molecule has 0 rings (SSSR count). The first-order chi connectivity index (χ1) is 4.31. The second-order valence-electron chi connectivity index (χ2n) is 1.95. The van der Waals surface area contributed by atoms with Crippen molar-refractivity contribution >= 4 is 5.97 Å². The zero-order chi connectivity index (χ0) is 7.11. The Bertz CT molecular complexity index is 79.0. The lowest BCUT2D eigenvalue weighted by Gasteiger charge is -1.94. The normalized spacial score (nSPS) is 9.11. The van der Waals surface area contributed by atoms with E-state index < -0.39 is 0 Å². The van der Waals surface area contributed by atoms with Crippen molar-refractivity contribution in [3.05, 3.63) is 7.11 Å². The summed E-state index contributed by atoms with van der Waals surface area (Å²) in [7, 11) is 4.60. The van der Waals surface area contributed by atoms with Gasteiger partial charge in [-0.15, -0.1) is 0 Å². The van der Waals surface area contributed by atoms with Gasteiger partial charge in [0, 0.05) is 6.42 Å². The fraction of sp³-hybridized carbons (Fsp3) is 0.714. The minimum Gasteiger partial charge on any atom is -0.454 e. The first kappa shape index (κ1) is 8.47. The summed E-state index contributed by atoms with van der Waals surface area (Å²) in [5.41, 5.74) is 0. The zero-order valence-corrected chi connectivity index (χ0v) is 5.72. The third-order valence-electron chi connectivity index (χ3n) is 1.12. The Kier molecular flexibility index (Phi) is 5.27. The molecule has 2 heteroatoms. The first-order valence-corrected chi connectivity index (χ1v) is 3.20. The summed E-state index contributed by atoms with van der Waals surface area (Å²) in [6.45, 7) is 2.08. The third-order valence-corrected chi connectivity index (χ3v) is 1.12. The Morgan fingerprint density at radius 2 is 2.22 bits per heavy atom. The number of ether oxygens (including phenoxy) is 1. The van der Waals surface area contributed by atoms with E-state index in [4.69, 9.17) is 0 Å². The molecular weight excluding hydrogens is 116 g/mol. The predicted octanol–water partition coefficient (Wildman–Crippen LogP) is 1.78. The van der Waals surface area contributed by atoms with Crippen molar-refractivity contribution in [2.45, 2.75) is 32.6 Å². The fourth-order valence-corrected chi connectivity index (χ4v) is 0.578. The van der Waals surface area contributed by atoms with E-state index in [0.29, 0.717) is 6.42 Å². The van der Waals surface area contributed by atoms with E-state index in [0.717, 1.165) is 19.3 Å². The Morgan fingerprint density at radius 1 is 1.56 bits per heavy atom. The minimum atomic E-state index is -0.316. The van der Waals surface area contributed by atoms with Crippen LogP contribution in [0.3, 0.4) is 0 Å². The third kappa shape index (κ3) is 5.34. The highest BCUT2D eigenvalue weighted by Crippen LogP contribution is 1.99. The lowest BCUT2D eigenvalue weighted by atomic mass is 10.2. The van der Waals surface area contributed by atoms with Crippen LogP contribution in [0.4, 0.5) is 0 Å². The van der Waals surface area contributed by atoms with Gasteiger partial charge >= 0.3 is 5.97 Å². The van der Waals surface area contributed by atoms with Crippen molar-refractivity contribution in [2.24, 2.45) is 0 Å². The van der Waals surface area contributed by atoms with Crippen LogP contribution in [0.15, 0.2) is 0 Å². The van der Waals surface area contributed by atoms with Gasteiger partial charge < -0.3 is 4.74 Å². The molecule has 0 saturated heterocycles. The van der Waals surface area contributed by atoms with E-state index in [-0.39, 0.29) is 5.97 Å². The molecule has 0 spiro atoms. The van der Waals surface area contributed by atoms with Gasteiger partial charge in [-0.3, -0.25) is 4.79 Å². The minimum absolute atomic E-state index is 0.316. The molecule has 0 aromatic carbocycles. The topological polar surface area (TPSA) is 26.3 Å². The fourth-order valence-electron chi connectivity index (χ4n) is 0.578. The van der Waals surface area contributed by atoms with Gasteiger partial charge in [0.2, 0.25) is 0 Å². The van der Waals surface area contributed by atoms with Crippen LogP contribution >= 0.6 is 0 Å². The maximum absolute atomic E-state index is 10.3. The summed E-state index contributed by atoms with van der Waals surface area (Å²) in [6.07, 6.45) is 3.50. The lowest BCUT2D eigenvalue weighted by Crippen LogP contribution is -1.97. The van der Waals surface area contributed by atoms with Gasteiger partial charge in [-0.05, 0) is 6.42 Å². The molecule has 0 aliphatic carbocycles. The van der Waals surface area contributed by atoms with E-state index in [1.807, 2.05) is 0 Å². The summed E-state index contributed by atoms with van der Waals surface area (Å²) >= 11 is 0. The number of unbranched alkanes of at least 4 members (excludes halogenated alkanes) is 2. The van der Waals surface area contributed by atoms with Crippen molar-refractivity contribution in [3.63, 3.8) is 0 Å². The largest absolute Gasteiger partial charge is 0.454 e. The highest BCUT2D eigenvalue weighted by atomic mass is 16.5. The summed E-state index contributed by atoms with van der Waals surface area (Å²) in [5, 5.41) is 0. The standard InChI is InChI=1S/C7H12O2/c1-3-4-5-6-7(8)9-2/h2H,3-6H2,1H3. The van der Waals surface area contributed by atoms with E-state index in [1.54, 1.807) is 0 Å². The Labute approximate surface area is 56.2 Å². The van der Waals surface area contributed by atoms with Crippen LogP contribution in [-0.4, -0.2) is 5.97 Å². The number of hydrogen-bond acceptors (Lipinski definition) is 2. The van der Waals surface area contributed by atoms with Gasteiger partial charge in [0.25, 0.3) is 0 Å². The van der Waals surface area contributed by atoms with Crippen molar-refractivity contribution in [1.29, 1.82) is 0 Å². The van der Waals surface area contributed by atoms with Crippen LogP contribution in [0, 0.1) is 7.11 Å². The highest BCUT2D eigenvalue weighted by molar-refractivity contribution is 5.69. The Hall–Kier alpha value is -0.530. The van der Waals surface area contributed by atoms with Gasteiger partial charge in [0.05, 0.1) is 0 Å². The molecule has 9 heavy (non-hydrogen) atoms. The quantitative estimate of drug-likeness (QED) is 0.426. The van der Waals surface area contributed by atoms with Crippen LogP contribution in [-0.2, 0) is 9.53 Å². The lowest BCUT2D eigenvalue weighted by molar-refractivity contribution is -0.138. The van der Waals surface area contributed by atoms with Crippen molar-refractivity contribution in [3.8, 4) is 0 Å². The molecule has 0 heterocycles. The van der Waals surface area contributed by atoms with Crippen LogP contribution in [0.5, 0.6) is 0 Å². The number of rotatable bonds is 4. The number of carbonyl (C=O) groups is 1. The van der Waals surface area contributed by atoms with Crippen LogP contribution in [0.25, 0.3) is 0 Å². The molecule has 0 unspecified atom stereocenters. The molecule has 0 aliphatic rings. The van der Waals surface area contributed by atoms with Crippen LogP contribution in [0.2, 0.25) is 0 Å². The molecule has 0 fully saturated rings. The molecule has 0 N–H and O–H groups in total. The Morgan fingerprint density at radius 3 is 2.67 bits per heavy atom. The molecule has 0 bridgehead atoms. The highest BCUT2D eigenvalue weighted by Gasteiger charge is 1.96. The second-order valence-corrected chi connectivity index (χ2v) is 1.95. The summed E-state index contributed by atoms with van der Waals surface area (Å²) in [6, 6.07) is 0. The van der Waals surface area contributed by atoms with Crippen LogP contribution < -0.4 is 0 Å². The van der Waals surface area contributed by atoms with E-state index >= 15 is 0 Å². The van der Waals surface area contributed by atoms with E-state index in [9.17, 15) is 4.79 Å². The SMILES string of the molecule is [CH]OC(=O)CCCCC. The van der Waals surface area contributed by atoms with Gasteiger partial charge in [-0.2, -0.15) is 0 Å². The van der Waals surface area contributed by atoms with Crippen LogP contribution in [0.1, 0.15) is 32.6 Å². The van der Waals surface area contributed by atoms with Gasteiger partial charge in [-0.25, -0.2) is 0 Å². The van der Waals surface area contributed by atoms with Crippen molar-refractivity contribution in [2.75, 3.05) is 0 Å². The summed E-state index contributed by atoms with van der Waals surface area (Å²) in [4.78, 5) is 10.3. The Balaban J connectivity index is 2.97. The van der Waals surface area contributed by atoms with Crippen molar-refractivity contribution < 1.29 is 9.53 Å². The summed E-state index contributed by atoms with van der Waals surface area (Å²) < 4.78 is 3.96. The molecule has 2 radical (unpaired) electrons. The molecule has 0 saturated carbocycles. The molecular formula is C7H12O2. The maximum atomic E-state index is 10.3. The van der Waals surface area contributed by atoms with Gasteiger partial charge in [0.1, 0.15) is 0 Å². The molecule has 0 aliphatic heterocycles. The van der Waals surface area contributed by atoms with Gasteiger partial charge in [-0.1, -0.05) is 19.8 Å². The molecule has 0 aromatic rings. The van der Waals surface area contributed by atoms with Gasteiger partial charge in [0.15, 0.2) is 7.11 Å². The number of esters is 1. The average Bonchev–Trinajstić information content (AvgIpc) is 1.89. The number of hydrogen-bond donors (Lipinski definition) is 0. The molecule has 0 amide bonds. The molecule has 0 aromatic heterocycles. The average molecular weight is 128 g/mol. The predicted molar refractivity (Wildman–Crippen MR) is 34.5 cm³/mol. The smallest absolute Gasteiger partial charge is 0.306 e. The maximum Gasteiger partial charge on any atom is 0.306 e.